The molecule has 1 fully saturated rings. The molecule has 1 aliphatic rings. The zero-order valence-electron chi connectivity index (χ0n) is 8.10. The second kappa shape index (κ2) is 3.53. The van der Waals surface area contributed by atoms with Gasteiger partial charge in [-0.3, -0.25) is 20.0 Å². The fourth-order valence-electron chi connectivity index (χ4n) is 1.29. The van der Waals surface area contributed by atoms with E-state index in [1.807, 2.05) is 0 Å². The summed E-state index contributed by atoms with van der Waals surface area (Å²) in [6.45, 7) is 0. The van der Waals surface area contributed by atoms with E-state index in [9.17, 15) is 9.59 Å². The molecule has 1 saturated heterocycles. The van der Waals surface area contributed by atoms with Gasteiger partial charge in [0, 0.05) is 19.4 Å². The van der Waals surface area contributed by atoms with Gasteiger partial charge >= 0.3 is 6.03 Å². The van der Waals surface area contributed by atoms with Gasteiger partial charge < -0.3 is 0 Å². The molecule has 1 aromatic heterocycles. The van der Waals surface area contributed by atoms with E-state index in [1.54, 1.807) is 37.7 Å². The molecule has 2 rings (SSSR count). The summed E-state index contributed by atoms with van der Waals surface area (Å²) in [5.74, 6) is -0.376. The van der Waals surface area contributed by atoms with Crippen LogP contribution in [-0.4, -0.2) is 28.9 Å². The first kappa shape index (κ1) is 9.39. The SMILES string of the molecule is CN1C(=O)NC(=O)/C1=C/c1ccncc1. The number of amides is 3. The highest BCUT2D eigenvalue weighted by molar-refractivity contribution is 6.13. The number of carbonyl (C=O) groups is 2. The summed E-state index contributed by atoms with van der Waals surface area (Å²) >= 11 is 0. The highest BCUT2D eigenvalue weighted by atomic mass is 16.2. The van der Waals surface area contributed by atoms with Crippen molar-refractivity contribution < 1.29 is 9.59 Å². The number of aromatic nitrogens is 1. The Morgan fingerprint density at radius 2 is 2.00 bits per heavy atom. The molecule has 2 heterocycles. The number of likely N-dealkylation sites (N-methyl/N-ethyl adjacent to an activating group) is 1. The molecule has 0 atom stereocenters. The normalized spacial score (nSPS) is 18.5. The van der Waals surface area contributed by atoms with Crippen LogP contribution in [0.15, 0.2) is 30.2 Å². The van der Waals surface area contributed by atoms with Gasteiger partial charge in [-0.2, -0.15) is 0 Å². The van der Waals surface area contributed by atoms with Gasteiger partial charge in [-0.25, -0.2) is 4.79 Å². The summed E-state index contributed by atoms with van der Waals surface area (Å²) in [5.41, 5.74) is 1.17. The van der Waals surface area contributed by atoms with Gasteiger partial charge in [-0.15, -0.1) is 0 Å². The van der Waals surface area contributed by atoms with Gasteiger partial charge in [0.05, 0.1) is 0 Å². The lowest BCUT2D eigenvalue weighted by Gasteiger charge is -2.06. The monoisotopic (exact) mass is 203 g/mol. The molecule has 76 valence electrons. The number of urea groups is 1. The van der Waals surface area contributed by atoms with Gasteiger partial charge in [0.25, 0.3) is 5.91 Å². The van der Waals surface area contributed by atoms with Gasteiger partial charge in [-0.05, 0) is 23.8 Å². The van der Waals surface area contributed by atoms with Gasteiger partial charge in [0.1, 0.15) is 5.70 Å². The summed E-state index contributed by atoms with van der Waals surface area (Å²) in [6, 6.07) is 3.12. The predicted octanol–water partition coefficient (Wildman–Crippen LogP) is 0.604. The topological polar surface area (TPSA) is 62.3 Å². The average Bonchev–Trinajstić information content (AvgIpc) is 2.47. The number of imide groups is 1. The fraction of sp³-hybridized carbons (Fsp3) is 0.100. The molecule has 0 radical (unpaired) electrons. The molecule has 15 heavy (non-hydrogen) atoms. The zero-order valence-corrected chi connectivity index (χ0v) is 8.10. The minimum absolute atomic E-state index is 0.339. The van der Waals surface area contributed by atoms with Crippen LogP contribution in [0.25, 0.3) is 6.08 Å². The van der Waals surface area contributed by atoms with E-state index < -0.39 is 6.03 Å². The number of hydrogen-bond donors (Lipinski definition) is 1. The summed E-state index contributed by atoms with van der Waals surface area (Å²) in [7, 11) is 1.55. The maximum atomic E-state index is 11.3. The largest absolute Gasteiger partial charge is 0.328 e. The lowest BCUT2D eigenvalue weighted by Crippen LogP contribution is -2.24. The van der Waals surface area contributed by atoms with Crippen molar-refractivity contribution in [2.24, 2.45) is 0 Å². The first-order valence-electron chi connectivity index (χ1n) is 4.39. The van der Waals surface area contributed by atoms with Gasteiger partial charge in [-0.1, -0.05) is 0 Å². The molecular formula is C10H9N3O2. The van der Waals surface area contributed by atoms with Crippen molar-refractivity contribution in [3.8, 4) is 0 Å². The Kier molecular flexibility index (Phi) is 2.21. The average molecular weight is 203 g/mol. The number of rotatable bonds is 1. The van der Waals surface area contributed by atoms with E-state index in [1.165, 1.54) is 4.90 Å². The first-order chi connectivity index (χ1) is 7.18. The number of carbonyl (C=O) groups excluding carboxylic acids is 2. The Morgan fingerprint density at radius 1 is 1.33 bits per heavy atom. The third-order valence-corrected chi connectivity index (χ3v) is 2.13. The van der Waals surface area contributed by atoms with Gasteiger partial charge in [0.2, 0.25) is 0 Å². The number of nitrogens with zero attached hydrogens (tertiary/aromatic N) is 2. The van der Waals surface area contributed by atoms with Crippen LogP contribution in [0, 0.1) is 0 Å². The van der Waals surface area contributed by atoms with Crippen molar-refractivity contribution in [2.75, 3.05) is 7.05 Å². The van der Waals surface area contributed by atoms with Crippen LogP contribution in [0.3, 0.4) is 0 Å². The van der Waals surface area contributed by atoms with E-state index >= 15 is 0 Å². The van der Waals surface area contributed by atoms with Crippen LogP contribution in [0.2, 0.25) is 0 Å². The maximum Gasteiger partial charge on any atom is 0.328 e. The smallest absolute Gasteiger partial charge is 0.292 e. The fourth-order valence-corrected chi connectivity index (χ4v) is 1.29. The highest BCUT2D eigenvalue weighted by Gasteiger charge is 2.29. The van der Waals surface area contributed by atoms with Crippen LogP contribution in [-0.2, 0) is 4.79 Å². The van der Waals surface area contributed by atoms with E-state index in [4.69, 9.17) is 0 Å². The Bertz CT molecular complexity index is 439. The third kappa shape index (κ3) is 1.71. The van der Waals surface area contributed by atoms with Crippen molar-refractivity contribution >= 4 is 18.0 Å². The third-order valence-electron chi connectivity index (χ3n) is 2.13. The minimum atomic E-state index is -0.402. The molecule has 0 spiro atoms. The van der Waals surface area contributed by atoms with E-state index in [0.29, 0.717) is 5.70 Å². The lowest BCUT2D eigenvalue weighted by atomic mass is 10.2. The number of nitrogens with one attached hydrogen (secondary N) is 1. The summed E-state index contributed by atoms with van der Waals surface area (Å²) in [5, 5.41) is 2.20. The Morgan fingerprint density at radius 3 is 2.53 bits per heavy atom. The van der Waals surface area contributed by atoms with Gasteiger partial charge in [0.15, 0.2) is 0 Å². The van der Waals surface area contributed by atoms with Crippen molar-refractivity contribution in [2.45, 2.75) is 0 Å². The Hall–Kier alpha value is -2.17. The zero-order chi connectivity index (χ0) is 10.8. The highest BCUT2D eigenvalue weighted by Crippen LogP contribution is 2.13. The maximum absolute atomic E-state index is 11.3. The second-order valence-corrected chi connectivity index (χ2v) is 3.13. The van der Waals surface area contributed by atoms with E-state index in [0.717, 1.165) is 5.56 Å². The number of pyridine rings is 1. The van der Waals surface area contributed by atoms with Crippen molar-refractivity contribution in [3.05, 3.63) is 35.8 Å². The first-order valence-corrected chi connectivity index (χ1v) is 4.39. The standard InChI is InChI=1S/C10H9N3O2/c1-13-8(9(14)12-10(13)15)6-7-2-4-11-5-3-7/h2-6H,1H3,(H,12,14,15)/b8-6-. The Balaban J connectivity index is 2.35. The number of hydrogen-bond acceptors (Lipinski definition) is 3. The quantitative estimate of drug-likeness (QED) is 0.537. The summed E-state index contributed by atoms with van der Waals surface area (Å²) in [4.78, 5) is 27.6. The minimum Gasteiger partial charge on any atom is -0.292 e. The molecule has 0 aromatic carbocycles. The van der Waals surface area contributed by atoms with Crippen LogP contribution in [0.4, 0.5) is 4.79 Å². The van der Waals surface area contributed by atoms with E-state index in [-0.39, 0.29) is 5.91 Å². The lowest BCUT2D eigenvalue weighted by molar-refractivity contribution is -0.115. The molecule has 1 aliphatic heterocycles. The van der Waals surface area contributed by atoms with Crippen LogP contribution in [0.5, 0.6) is 0 Å². The molecule has 1 N–H and O–H groups in total. The molecule has 0 saturated carbocycles. The summed E-state index contributed by atoms with van der Waals surface area (Å²) in [6.07, 6.45) is 4.89. The second-order valence-electron chi connectivity index (χ2n) is 3.13. The predicted molar refractivity (Wildman–Crippen MR) is 53.5 cm³/mol. The molecule has 5 heteroatoms. The molecule has 5 nitrogen and oxygen atoms in total. The van der Waals surface area contributed by atoms with Crippen molar-refractivity contribution in [1.29, 1.82) is 0 Å². The van der Waals surface area contributed by atoms with Crippen molar-refractivity contribution in [3.63, 3.8) is 0 Å². The molecule has 3 amide bonds. The molecular weight excluding hydrogens is 194 g/mol. The molecule has 0 unspecified atom stereocenters. The van der Waals surface area contributed by atoms with Crippen LogP contribution in [0.1, 0.15) is 5.56 Å². The van der Waals surface area contributed by atoms with Crippen molar-refractivity contribution in [1.82, 2.24) is 15.2 Å². The molecule has 0 aliphatic carbocycles. The molecule has 1 aromatic rings. The summed E-state index contributed by atoms with van der Waals surface area (Å²) < 4.78 is 0. The van der Waals surface area contributed by atoms with Crippen LogP contribution < -0.4 is 5.32 Å². The Labute approximate surface area is 86.4 Å². The van der Waals surface area contributed by atoms with Crippen LogP contribution >= 0.6 is 0 Å². The van der Waals surface area contributed by atoms with E-state index in [2.05, 4.69) is 10.3 Å². The molecule has 0 bridgehead atoms.